The lowest BCUT2D eigenvalue weighted by atomic mass is 10.1. The van der Waals surface area contributed by atoms with Gasteiger partial charge in [0.15, 0.2) is 16.5 Å². The third kappa shape index (κ3) is 1.84. The fourth-order valence-corrected chi connectivity index (χ4v) is 3.41. The van der Waals surface area contributed by atoms with Crippen LogP contribution in [0.5, 0.6) is 11.5 Å². The minimum Gasteiger partial charge on any atom is -0.504 e. The zero-order chi connectivity index (χ0) is 15.3. The number of hydrogen-bond donors (Lipinski definition) is 2. The molecule has 6 nitrogen and oxygen atoms in total. The van der Waals surface area contributed by atoms with E-state index in [9.17, 15) is 20.3 Å². The fraction of sp³-hybridized carbons (Fsp3) is 0.214. The smallest absolute Gasteiger partial charge is 0.292 e. The number of fused-ring (bicyclic) bond motifs is 3. The van der Waals surface area contributed by atoms with Gasteiger partial charge < -0.3 is 10.2 Å². The monoisotopic (exact) mass is 301 g/mol. The first-order valence-electron chi connectivity index (χ1n) is 6.25. The number of phenolic OH excluding ortho intramolecular Hbond substituents is 2. The first kappa shape index (κ1) is 13.4. The van der Waals surface area contributed by atoms with E-state index in [0.717, 1.165) is 0 Å². The number of nitrogens with zero attached hydrogens (tertiary/aromatic N) is 3. The van der Waals surface area contributed by atoms with Crippen molar-refractivity contribution in [1.29, 1.82) is 5.26 Å². The summed E-state index contributed by atoms with van der Waals surface area (Å²) in [7, 11) is 0. The number of aromatic nitrogens is 2. The van der Waals surface area contributed by atoms with E-state index in [0.29, 0.717) is 20.9 Å². The number of thiazole rings is 1. The molecule has 0 spiro atoms. The van der Waals surface area contributed by atoms with Gasteiger partial charge in [0.05, 0.1) is 15.9 Å². The number of rotatable bonds is 1. The summed E-state index contributed by atoms with van der Waals surface area (Å²) in [6.07, 6.45) is 0. The number of aromatic hydroxyl groups is 2. The third-order valence-corrected chi connectivity index (χ3v) is 4.26. The zero-order valence-electron chi connectivity index (χ0n) is 11.3. The molecule has 3 aromatic rings. The first-order chi connectivity index (χ1) is 9.93. The summed E-state index contributed by atoms with van der Waals surface area (Å²) in [4.78, 5) is 16.3. The normalized spacial score (nSPS) is 11.3. The summed E-state index contributed by atoms with van der Waals surface area (Å²) >= 11 is 1.22. The van der Waals surface area contributed by atoms with Crippen molar-refractivity contribution in [2.75, 3.05) is 0 Å². The van der Waals surface area contributed by atoms with Gasteiger partial charge in [0.2, 0.25) is 0 Å². The van der Waals surface area contributed by atoms with Crippen LogP contribution in [0.2, 0.25) is 0 Å². The van der Waals surface area contributed by atoms with E-state index in [1.807, 2.05) is 19.9 Å². The van der Waals surface area contributed by atoms with Crippen molar-refractivity contribution in [2.45, 2.75) is 19.8 Å². The summed E-state index contributed by atoms with van der Waals surface area (Å²) in [6.45, 7) is 3.76. The lowest BCUT2D eigenvalue weighted by Crippen LogP contribution is -2.18. The van der Waals surface area contributed by atoms with Crippen LogP contribution in [0.4, 0.5) is 0 Å². The van der Waals surface area contributed by atoms with Crippen LogP contribution < -0.4 is 5.56 Å². The molecule has 3 rings (SSSR count). The Kier molecular flexibility index (Phi) is 2.85. The standard InChI is InChI=1S/C14H11N3O3S/c1-6(2)12-7(5-15)13(20)16-14-17(12)8-3-9(18)10(19)4-11(8)21-14/h3-4,6,18-19H,1-2H3. The molecule has 0 saturated heterocycles. The Morgan fingerprint density at radius 1 is 1.33 bits per heavy atom. The molecule has 0 amide bonds. The van der Waals surface area contributed by atoms with Crippen LogP contribution in [-0.2, 0) is 0 Å². The Balaban J connectivity index is 2.63. The topological polar surface area (TPSA) is 98.6 Å². The van der Waals surface area contributed by atoms with Crippen molar-refractivity contribution in [1.82, 2.24) is 9.38 Å². The molecule has 0 unspecified atom stereocenters. The van der Waals surface area contributed by atoms with Crippen LogP contribution in [0, 0.1) is 11.3 Å². The molecule has 2 heterocycles. The van der Waals surface area contributed by atoms with Crippen molar-refractivity contribution >= 4 is 26.5 Å². The second-order valence-electron chi connectivity index (χ2n) is 4.97. The van der Waals surface area contributed by atoms with E-state index in [1.165, 1.54) is 23.5 Å². The van der Waals surface area contributed by atoms with Gasteiger partial charge in [-0.1, -0.05) is 25.2 Å². The summed E-state index contributed by atoms with van der Waals surface area (Å²) in [5.74, 6) is -0.561. The van der Waals surface area contributed by atoms with E-state index in [-0.39, 0.29) is 23.0 Å². The minimum absolute atomic E-state index is 0.00904. The molecule has 2 aromatic heterocycles. The molecule has 0 bridgehead atoms. The Bertz CT molecular complexity index is 979. The van der Waals surface area contributed by atoms with E-state index in [2.05, 4.69) is 4.98 Å². The number of phenols is 2. The molecule has 0 atom stereocenters. The van der Waals surface area contributed by atoms with Gasteiger partial charge in [0.1, 0.15) is 11.6 Å². The van der Waals surface area contributed by atoms with Crippen molar-refractivity contribution < 1.29 is 10.2 Å². The Labute approximate surface area is 123 Å². The van der Waals surface area contributed by atoms with Crippen molar-refractivity contribution in [2.24, 2.45) is 0 Å². The van der Waals surface area contributed by atoms with E-state index in [1.54, 1.807) is 4.40 Å². The molecule has 7 heteroatoms. The van der Waals surface area contributed by atoms with Crippen LogP contribution in [0.3, 0.4) is 0 Å². The molecule has 0 aliphatic heterocycles. The van der Waals surface area contributed by atoms with Gasteiger partial charge in [0, 0.05) is 12.1 Å². The van der Waals surface area contributed by atoms with Crippen molar-refractivity contribution in [3.63, 3.8) is 0 Å². The molecule has 1 aromatic carbocycles. The molecule has 0 radical (unpaired) electrons. The molecule has 0 aliphatic rings. The van der Waals surface area contributed by atoms with Crippen LogP contribution in [0.1, 0.15) is 31.0 Å². The fourth-order valence-electron chi connectivity index (χ4n) is 2.37. The Hall–Kier alpha value is -2.59. The lowest BCUT2D eigenvalue weighted by molar-refractivity contribution is 0.405. The van der Waals surface area contributed by atoms with Gasteiger partial charge in [-0.2, -0.15) is 10.2 Å². The van der Waals surface area contributed by atoms with Crippen molar-refractivity contribution in [3.8, 4) is 17.6 Å². The highest BCUT2D eigenvalue weighted by atomic mass is 32.1. The van der Waals surface area contributed by atoms with Gasteiger partial charge in [-0.3, -0.25) is 9.20 Å². The molecule has 0 aliphatic carbocycles. The molecule has 2 N–H and O–H groups in total. The van der Waals surface area contributed by atoms with E-state index < -0.39 is 5.56 Å². The molecular weight excluding hydrogens is 290 g/mol. The maximum atomic E-state index is 12.0. The van der Waals surface area contributed by atoms with Crippen LogP contribution in [0.15, 0.2) is 16.9 Å². The van der Waals surface area contributed by atoms with Crippen LogP contribution >= 0.6 is 11.3 Å². The quantitative estimate of drug-likeness (QED) is 0.672. The van der Waals surface area contributed by atoms with E-state index in [4.69, 9.17) is 0 Å². The highest BCUT2D eigenvalue weighted by Crippen LogP contribution is 2.36. The maximum absolute atomic E-state index is 12.0. The summed E-state index contributed by atoms with van der Waals surface area (Å²) < 4.78 is 2.37. The predicted octanol–water partition coefficient (Wildman–Crippen LogP) is 2.32. The first-order valence-corrected chi connectivity index (χ1v) is 7.07. The highest BCUT2D eigenvalue weighted by molar-refractivity contribution is 7.23. The molecule has 0 fully saturated rings. The Morgan fingerprint density at radius 3 is 2.62 bits per heavy atom. The van der Waals surface area contributed by atoms with Gasteiger partial charge in [-0.25, -0.2) is 0 Å². The van der Waals surface area contributed by atoms with Crippen molar-refractivity contribution in [3.05, 3.63) is 33.7 Å². The number of hydrogen-bond acceptors (Lipinski definition) is 6. The lowest BCUT2D eigenvalue weighted by Gasteiger charge is -2.11. The largest absolute Gasteiger partial charge is 0.504 e. The average Bonchev–Trinajstić information content (AvgIpc) is 2.74. The third-order valence-electron chi connectivity index (χ3n) is 3.26. The number of benzene rings is 1. The van der Waals surface area contributed by atoms with Crippen LogP contribution in [-0.4, -0.2) is 19.6 Å². The predicted molar refractivity (Wildman–Crippen MR) is 79.0 cm³/mol. The average molecular weight is 301 g/mol. The SMILES string of the molecule is CC(C)c1c(C#N)c(=O)nc2sc3cc(O)c(O)cc3n12. The minimum atomic E-state index is -0.554. The molecular formula is C14H11N3O3S. The molecule has 0 saturated carbocycles. The Morgan fingerprint density at radius 2 is 2.00 bits per heavy atom. The summed E-state index contributed by atoms with van der Waals surface area (Å²) in [5.41, 5.74) is 0.623. The number of nitriles is 1. The maximum Gasteiger partial charge on any atom is 0.292 e. The van der Waals surface area contributed by atoms with Gasteiger partial charge >= 0.3 is 0 Å². The van der Waals surface area contributed by atoms with Gasteiger partial charge in [-0.05, 0) is 5.92 Å². The van der Waals surface area contributed by atoms with Gasteiger partial charge in [0.25, 0.3) is 5.56 Å². The summed E-state index contributed by atoms with van der Waals surface area (Å²) in [6, 6.07) is 4.75. The summed E-state index contributed by atoms with van der Waals surface area (Å²) in [5, 5.41) is 28.5. The second kappa shape index (κ2) is 4.46. The molecule has 21 heavy (non-hydrogen) atoms. The zero-order valence-corrected chi connectivity index (χ0v) is 12.1. The van der Waals surface area contributed by atoms with Gasteiger partial charge in [-0.15, -0.1) is 0 Å². The van der Waals surface area contributed by atoms with Crippen LogP contribution in [0.25, 0.3) is 15.2 Å². The van der Waals surface area contributed by atoms with E-state index >= 15 is 0 Å². The highest BCUT2D eigenvalue weighted by Gasteiger charge is 2.20. The second-order valence-corrected chi connectivity index (χ2v) is 5.98. The molecule has 106 valence electrons.